The van der Waals surface area contributed by atoms with Crippen LogP contribution < -0.4 is 5.32 Å². The summed E-state index contributed by atoms with van der Waals surface area (Å²) in [6.07, 6.45) is 5.97. The highest BCUT2D eigenvalue weighted by molar-refractivity contribution is 8.00. The van der Waals surface area contributed by atoms with Crippen molar-refractivity contribution in [2.45, 2.75) is 63.3 Å². The van der Waals surface area contributed by atoms with Gasteiger partial charge >= 0.3 is 5.97 Å². The maximum atomic E-state index is 11.8. The van der Waals surface area contributed by atoms with Crippen LogP contribution in [0.5, 0.6) is 0 Å². The third-order valence-corrected chi connectivity index (χ3v) is 4.61. The molecule has 0 bridgehead atoms. The van der Waals surface area contributed by atoms with Gasteiger partial charge < -0.3 is 10.1 Å². The van der Waals surface area contributed by atoms with Gasteiger partial charge in [0.2, 0.25) is 0 Å². The first-order valence-electron chi connectivity index (χ1n) is 6.29. The van der Waals surface area contributed by atoms with Gasteiger partial charge in [0.1, 0.15) is 11.6 Å². The summed E-state index contributed by atoms with van der Waals surface area (Å²) < 4.78 is 5.70. The lowest BCUT2D eigenvalue weighted by Gasteiger charge is -2.41. The number of nitrogens with one attached hydrogen (secondary N) is 1. The molecule has 0 aromatic heterocycles. The van der Waals surface area contributed by atoms with Gasteiger partial charge in [0.05, 0.1) is 0 Å². The molecule has 1 aliphatic carbocycles. The molecule has 100 valence electrons. The Morgan fingerprint density at radius 3 is 2.41 bits per heavy atom. The molecule has 1 fully saturated rings. The number of hydrogen-bond acceptors (Lipinski definition) is 4. The van der Waals surface area contributed by atoms with E-state index in [9.17, 15) is 4.79 Å². The second-order valence-electron chi connectivity index (χ2n) is 5.88. The fourth-order valence-electron chi connectivity index (χ4n) is 1.84. The minimum atomic E-state index is -0.402. The number of rotatable bonds is 5. The van der Waals surface area contributed by atoms with Gasteiger partial charge in [-0.15, -0.1) is 0 Å². The third kappa shape index (κ3) is 4.51. The second kappa shape index (κ2) is 5.61. The molecule has 4 heteroatoms. The van der Waals surface area contributed by atoms with Gasteiger partial charge in [-0.3, -0.25) is 4.79 Å². The molecule has 1 saturated carbocycles. The number of carbonyl (C=O) groups excluding carboxylic acids is 1. The first-order chi connectivity index (χ1) is 7.78. The lowest BCUT2D eigenvalue weighted by molar-refractivity contribution is -0.157. The molecule has 3 nitrogen and oxygen atoms in total. The second-order valence-corrected chi connectivity index (χ2v) is 7.15. The van der Waals surface area contributed by atoms with Crippen LogP contribution in [-0.2, 0) is 9.53 Å². The highest BCUT2D eigenvalue weighted by Crippen LogP contribution is 2.42. The van der Waals surface area contributed by atoms with E-state index in [1.165, 1.54) is 19.3 Å². The van der Waals surface area contributed by atoms with Crippen LogP contribution in [0.15, 0.2) is 0 Å². The molecule has 1 N–H and O–H groups in total. The zero-order valence-corrected chi connectivity index (χ0v) is 12.4. The molecule has 0 aromatic carbocycles. The lowest BCUT2D eigenvalue weighted by Crippen LogP contribution is -2.49. The average Bonchev–Trinajstić information content (AvgIpc) is 2.13. The molecule has 17 heavy (non-hydrogen) atoms. The van der Waals surface area contributed by atoms with Crippen LogP contribution in [0.25, 0.3) is 0 Å². The molecular formula is C13H25NO2S. The van der Waals surface area contributed by atoms with Crippen molar-refractivity contribution in [2.24, 2.45) is 0 Å². The Balaban J connectivity index is 2.34. The molecule has 1 atom stereocenters. The Labute approximate surface area is 109 Å². The van der Waals surface area contributed by atoms with Crippen molar-refractivity contribution in [3.05, 3.63) is 0 Å². The van der Waals surface area contributed by atoms with E-state index in [1.54, 1.807) is 0 Å². The van der Waals surface area contributed by atoms with Crippen molar-refractivity contribution >= 4 is 17.7 Å². The molecule has 1 unspecified atom stereocenters. The summed E-state index contributed by atoms with van der Waals surface area (Å²) >= 11 is 1.91. The van der Waals surface area contributed by atoms with E-state index in [0.29, 0.717) is 4.75 Å². The number of ether oxygens (including phenoxy) is 1. The Hall–Kier alpha value is -0.220. The van der Waals surface area contributed by atoms with Crippen LogP contribution in [-0.4, -0.2) is 35.2 Å². The summed E-state index contributed by atoms with van der Waals surface area (Å²) in [5.74, 6) is -0.159. The monoisotopic (exact) mass is 259 g/mol. The molecule has 0 aliphatic heterocycles. The van der Waals surface area contributed by atoms with Crippen LogP contribution in [0.3, 0.4) is 0 Å². The quantitative estimate of drug-likeness (QED) is 0.770. The van der Waals surface area contributed by atoms with E-state index in [-0.39, 0.29) is 12.0 Å². The van der Waals surface area contributed by atoms with Gasteiger partial charge in [-0.05, 0) is 46.8 Å². The van der Waals surface area contributed by atoms with Gasteiger partial charge in [-0.1, -0.05) is 6.42 Å². The standard InChI is InChI=1S/C13H25NO2S/c1-10(11(15)16-12(2,3)4)14-9-13(17-5)7-6-8-13/h10,14H,6-9H2,1-5H3. The van der Waals surface area contributed by atoms with E-state index < -0.39 is 5.60 Å². The summed E-state index contributed by atoms with van der Waals surface area (Å²) in [4.78, 5) is 11.8. The van der Waals surface area contributed by atoms with Gasteiger partial charge in [-0.25, -0.2) is 0 Å². The third-order valence-electron chi connectivity index (χ3n) is 3.19. The van der Waals surface area contributed by atoms with E-state index in [2.05, 4.69) is 11.6 Å². The Kier molecular flexibility index (Phi) is 4.90. The highest BCUT2D eigenvalue weighted by atomic mass is 32.2. The minimum Gasteiger partial charge on any atom is -0.459 e. The van der Waals surface area contributed by atoms with Crippen LogP contribution in [0.4, 0.5) is 0 Å². The summed E-state index contributed by atoms with van der Waals surface area (Å²) in [5, 5.41) is 3.30. The molecule has 0 radical (unpaired) electrons. The molecule has 0 spiro atoms. The fraction of sp³-hybridized carbons (Fsp3) is 0.923. The normalized spacial score (nSPS) is 20.5. The summed E-state index contributed by atoms with van der Waals surface area (Å²) in [5.41, 5.74) is -0.402. The molecule has 0 saturated heterocycles. The smallest absolute Gasteiger partial charge is 0.323 e. The van der Waals surface area contributed by atoms with E-state index in [4.69, 9.17) is 4.74 Å². The fourth-order valence-corrected chi connectivity index (χ4v) is 2.76. The zero-order valence-electron chi connectivity index (χ0n) is 11.6. The summed E-state index contributed by atoms with van der Waals surface area (Å²) in [6.45, 7) is 8.46. The topological polar surface area (TPSA) is 38.3 Å². The van der Waals surface area contributed by atoms with Crippen LogP contribution in [0, 0.1) is 0 Å². The maximum absolute atomic E-state index is 11.8. The van der Waals surface area contributed by atoms with Crippen molar-refractivity contribution in [1.82, 2.24) is 5.32 Å². The summed E-state index contributed by atoms with van der Waals surface area (Å²) in [7, 11) is 0. The minimum absolute atomic E-state index is 0.159. The van der Waals surface area contributed by atoms with Crippen molar-refractivity contribution in [1.29, 1.82) is 0 Å². The summed E-state index contributed by atoms with van der Waals surface area (Å²) in [6, 6.07) is -0.223. The first kappa shape index (κ1) is 14.8. The van der Waals surface area contributed by atoms with Gasteiger partial charge in [0.15, 0.2) is 0 Å². The van der Waals surface area contributed by atoms with Crippen molar-refractivity contribution in [2.75, 3.05) is 12.8 Å². The Morgan fingerprint density at radius 1 is 1.47 bits per heavy atom. The first-order valence-corrected chi connectivity index (χ1v) is 7.52. The number of hydrogen-bond donors (Lipinski definition) is 1. The van der Waals surface area contributed by atoms with Crippen LogP contribution in [0.2, 0.25) is 0 Å². The van der Waals surface area contributed by atoms with E-state index in [1.807, 2.05) is 39.5 Å². The van der Waals surface area contributed by atoms with Crippen molar-refractivity contribution < 1.29 is 9.53 Å². The SMILES string of the molecule is CSC1(CNC(C)C(=O)OC(C)(C)C)CCC1. The van der Waals surface area contributed by atoms with E-state index in [0.717, 1.165) is 6.54 Å². The average molecular weight is 259 g/mol. The van der Waals surface area contributed by atoms with E-state index >= 15 is 0 Å². The zero-order chi connectivity index (χ0) is 13.1. The molecule has 0 amide bonds. The largest absolute Gasteiger partial charge is 0.459 e. The van der Waals surface area contributed by atoms with Gasteiger partial charge in [-0.2, -0.15) is 11.8 Å². The number of esters is 1. The van der Waals surface area contributed by atoms with Crippen molar-refractivity contribution in [3.63, 3.8) is 0 Å². The number of carbonyl (C=O) groups is 1. The molecular weight excluding hydrogens is 234 g/mol. The predicted octanol–water partition coefficient (Wildman–Crippen LogP) is 2.59. The van der Waals surface area contributed by atoms with Crippen molar-refractivity contribution in [3.8, 4) is 0 Å². The van der Waals surface area contributed by atoms with Gasteiger partial charge in [0.25, 0.3) is 0 Å². The van der Waals surface area contributed by atoms with Gasteiger partial charge in [0, 0.05) is 11.3 Å². The maximum Gasteiger partial charge on any atom is 0.323 e. The Morgan fingerprint density at radius 2 is 2.06 bits per heavy atom. The Bertz CT molecular complexity index is 264. The van der Waals surface area contributed by atoms with Crippen LogP contribution in [0.1, 0.15) is 47.0 Å². The molecule has 0 aromatic rings. The molecule has 0 heterocycles. The lowest BCUT2D eigenvalue weighted by atomic mass is 9.84. The molecule has 1 aliphatic rings. The highest BCUT2D eigenvalue weighted by Gasteiger charge is 2.36. The molecule has 1 rings (SSSR count). The number of thioether (sulfide) groups is 1. The van der Waals surface area contributed by atoms with Crippen LogP contribution >= 0.6 is 11.8 Å². The predicted molar refractivity (Wildman–Crippen MR) is 73.4 cm³/mol.